The minimum atomic E-state index is 0. The maximum Gasteiger partial charge on any atom is 0.226 e. The molecule has 0 aliphatic carbocycles. The molecular formula is C17H32Cl2N4O2S. The predicted octanol–water partition coefficient (Wildman–Crippen LogP) is 3.44. The second-order valence-electron chi connectivity index (χ2n) is 6.60. The predicted molar refractivity (Wildman–Crippen MR) is 113 cm³/mol. The zero-order valence-electron chi connectivity index (χ0n) is 15.6. The molecule has 152 valence electrons. The molecule has 0 spiro atoms. The number of nitrogens with one attached hydrogen (secondary N) is 1. The Kier molecular flexibility index (Phi) is 13.5. The number of nitrogens with two attached hydrogens (primary N) is 1. The number of rotatable bonds is 9. The summed E-state index contributed by atoms with van der Waals surface area (Å²) < 4.78 is 5.75. The molecule has 6 nitrogen and oxygen atoms in total. The first-order valence-electron chi connectivity index (χ1n) is 8.89. The summed E-state index contributed by atoms with van der Waals surface area (Å²) in [6.07, 6.45) is 5.17. The summed E-state index contributed by atoms with van der Waals surface area (Å²) in [5.41, 5.74) is 6.47. The van der Waals surface area contributed by atoms with E-state index in [-0.39, 0.29) is 42.9 Å². The van der Waals surface area contributed by atoms with Crippen LogP contribution >= 0.6 is 36.2 Å². The summed E-state index contributed by atoms with van der Waals surface area (Å²) in [5, 5.41) is 5.64. The largest absolute Gasteiger partial charge is 0.373 e. The normalized spacial score (nSPS) is 20.1. The van der Waals surface area contributed by atoms with Crippen LogP contribution in [0.1, 0.15) is 51.6 Å². The Morgan fingerprint density at radius 2 is 1.92 bits per heavy atom. The van der Waals surface area contributed by atoms with E-state index in [4.69, 9.17) is 10.5 Å². The summed E-state index contributed by atoms with van der Waals surface area (Å²) in [4.78, 5) is 18.8. The van der Waals surface area contributed by atoms with E-state index in [0.29, 0.717) is 11.6 Å². The lowest BCUT2D eigenvalue weighted by molar-refractivity contribution is -0.116. The second kappa shape index (κ2) is 13.7. The number of ether oxygens (including phenoxy) is 1. The summed E-state index contributed by atoms with van der Waals surface area (Å²) in [7, 11) is 0. The molecule has 2 atom stereocenters. The molecule has 0 radical (unpaired) electrons. The number of thiazole rings is 1. The topological polar surface area (TPSA) is 80.5 Å². The van der Waals surface area contributed by atoms with Gasteiger partial charge in [0.15, 0.2) is 5.13 Å². The lowest BCUT2D eigenvalue weighted by Crippen LogP contribution is -2.44. The molecule has 1 aromatic heterocycles. The molecule has 1 aliphatic rings. The second-order valence-corrected chi connectivity index (χ2v) is 7.45. The smallest absolute Gasteiger partial charge is 0.226 e. The highest BCUT2D eigenvalue weighted by Gasteiger charge is 2.22. The zero-order chi connectivity index (χ0) is 17.4. The third-order valence-corrected chi connectivity index (χ3v) is 4.84. The van der Waals surface area contributed by atoms with Gasteiger partial charge in [-0.05, 0) is 33.2 Å². The van der Waals surface area contributed by atoms with Crippen LogP contribution in [0, 0.1) is 0 Å². The fraction of sp³-hybridized carbons (Fsp3) is 0.765. The van der Waals surface area contributed by atoms with Crippen molar-refractivity contribution in [3.05, 3.63) is 11.1 Å². The van der Waals surface area contributed by atoms with Crippen LogP contribution in [0.3, 0.4) is 0 Å². The van der Waals surface area contributed by atoms with Crippen molar-refractivity contribution in [1.82, 2.24) is 9.88 Å². The first kappa shape index (κ1) is 25.6. The van der Waals surface area contributed by atoms with Crippen LogP contribution in [0.15, 0.2) is 5.38 Å². The molecule has 1 amide bonds. The molecule has 2 heterocycles. The summed E-state index contributed by atoms with van der Waals surface area (Å²) in [5.74, 6) is 0.0530. The Balaban J connectivity index is 0.00000312. The molecule has 2 unspecified atom stereocenters. The van der Waals surface area contributed by atoms with Gasteiger partial charge in [-0.25, -0.2) is 4.98 Å². The first-order valence-corrected chi connectivity index (χ1v) is 9.77. The van der Waals surface area contributed by atoms with Crippen LogP contribution in [-0.4, -0.2) is 47.6 Å². The van der Waals surface area contributed by atoms with Gasteiger partial charge in [0, 0.05) is 31.4 Å². The van der Waals surface area contributed by atoms with Gasteiger partial charge in [0.25, 0.3) is 0 Å². The van der Waals surface area contributed by atoms with Crippen LogP contribution in [0.4, 0.5) is 5.13 Å². The monoisotopic (exact) mass is 426 g/mol. The van der Waals surface area contributed by atoms with E-state index >= 15 is 0 Å². The van der Waals surface area contributed by atoms with Crippen molar-refractivity contribution in [2.45, 2.75) is 64.7 Å². The van der Waals surface area contributed by atoms with Crippen LogP contribution in [0.25, 0.3) is 0 Å². The average molecular weight is 427 g/mol. The van der Waals surface area contributed by atoms with Gasteiger partial charge in [-0.3, -0.25) is 9.69 Å². The highest BCUT2D eigenvalue weighted by atomic mass is 35.5. The maximum atomic E-state index is 11.9. The van der Waals surface area contributed by atoms with Crippen molar-refractivity contribution in [3.8, 4) is 0 Å². The van der Waals surface area contributed by atoms with Crippen molar-refractivity contribution in [1.29, 1.82) is 0 Å². The van der Waals surface area contributed by atoms with Crippen molar-refractivity contribution >= 4 is 47.2 Å². The van der Waals surface area contributed by atoms with Gasteiger partial charge in [0.1, 0.15) is 0 Å². The number of nitrogens with zero attached hydrogens (tertiary/aromatic N) is 2. The molecule has 0 aromatic carbocycles. The number of unbranched alkanes of at least 4 members (excludes halogenated alkanes) is 3. The molecule has 1 saturated heterocycles. The van der Waals surface area contributed by atoms with E-state index in [1.54, 1.807) is 0 Å². The van der Waals surface area contributed by atoms with Gasteiger partial charge in [0.2, 0.25) is 5.91 Å². The van der Waals surface area contributed by atoms with Gasteiger partial charge in [0.05, 0.1) is 17.9 Å². The van der Waals surface area contributed by atoms with Crippen molar-refractivity contribution in [3.63, 3.8) is 0 Å². The fourth-order valence-electron chi connectivity index (χ4n) is 3.04. The molecule has 2 rings (SSSR count). The van der Waals surface area contributed by atoms with Crippen LogP contribution in [-0.2, 0) is 16.1 Å². The van der Waals surface area contributed by atoms with Crippen molar-refractivity contribution in [2.24, 2.45) is 5.73 Å². The van der Waals surface area contributed by atoms with Gasteiger partial charge in [-0.1, -0.05) is 12.8 Å². The summed E-state index contributed by atoms with van der Waals surface area (Å²) in [6.45, 7) is 7.59. The molecule has 0 saturated carbocycles. The van der Waals surface area contributed by atoms with Gasteiger partial charge in [-0.15, -0.1) is 36.2 Å². The standard InChI is InChI=1S/C17H30N4O2S.2ClH/c1-13-9-21(10-14(2)23-13)11-15-12-24-17(19-15)20-16(22)7-5-3-4-6-8-18;;/h12-14H,3-11,18H2,1-2H3,(H,19,20,22);2*1H. The quantitative estimate of drug-likeness (QED) is 0.590. The fourth-order valence-corrected chi connectivity index (χ4v) is 3.76. The SMILES string of the molecule is CC1CN(Cc2csc(NC(=O)CCCCCCN)n2)CC(C)O1.Cl.Cl. The number of anilines is 1. The summed E-state index contributed by atoms with van der Waals surface area (Å²) >= 11 is 1.50. The number of carbonyl (C=O) groups excluding carboxylic acids is 1. The Morgan fingerprint density at radius 3 is 2.58 bits per heavy atom. The number of halogens is 2. The molecular weight excluding hydrogens is 395 g/mol. The lowest BCUT2D eigenvalue weighted by Gasteiger charge is -2.34. The van der Waals surface area contributed by atoms with E-state index in [2.05, 4.69) is 29.0 Å². The van der Waals surface area contributed by atoms with Gasteiger partial charge < -0.3 is 15.8 Å². The van der Waals surface area contributed by atoms with E-state index in [9.17, 15) is 4.79 Å². The van der Waals surface area contributed by atoms with E-state index in [1.807, 2.05) is 5.38 Å². The van der Waals surface area contributed by atoms with E-state index in [1.165, 1.54) is 11.3 Å². The average Bonchev–Trinajstić information content (AvgIpc) is 2.93. The first-order chi connectivity index (χ1) is 11.6. The van der Waals surface area contributed by atoms with E-state index < -0.39 is 0 Å². The molecule has 3 N–H and O–H groups in total. The highest BCUT2D eigenvalue weighted by Crippen LogP contribution is 2.19. The lowest BCUT2D eigenvalue weighted by atomic mass is 10.1. The number of aromatic nitrogens is 1. The Bertz CT molecular complexity index is 509. The van der Waals surface area contributed by atoms with Gasteiger partial charge in [-0.2, -0.15) is 0 Å². The van der Waals surface area contributed by atoms with E-state index in [0.717, 1.165) is 57.6 Å². The summed E-state index contributed by atoms with van der Waals surface area (Å²) in [6, 6.07) is 0. The number of hydrogen-bond donors (Lipinski definition) is 2. The third kappa shape index (κ3) is 9.48. The number of morpholine rings is 1. The minimum Gasteiger partial charge on any atom is -0.373 e. The molecule has 1 aliphatic heterocycles. The van der Waals surface area contributed by atoms with Crippen molar-refractivity contribution in [2.75, 3.05) is 25.0 Å². The zero-order valence-corrected chi connectivity index (χ0v) is 18.1. The Hall–Kier alpha value is -0.440. The maximum absolute atomic E-state index is 11.9. The Morgan fingerprint density at radius 1 is 1.27 bits per heavy atom. The number of amides is 1. The number of carbonyl (C=O) groups is 1. The molecule has 26 heavy (non-hydrogen) atoms. The molecule has 9 heteroatoms. The Labute approximate surface area is 173 Å². The number of hydrogen-bond acceptors (Lipinski definition) is 6. The molecule has 1 fully saturated rings. The van der Waals surface area contributed by atoms with Gasteiger partial charge >= 0.3 is 0 Å². The van der Waals surface area contributed by atoms with Crippen LogP contribution in [0.5, 0.6) is 0 Å². The van der Waals surface area contributed by atoms with Crippen molar-refractivity contribution < 1.29 is 9.53 Å². The highest BCUT2D eigenvalue weighted by molar-refractivity contribution is 7.13. The van der Waals surface area contributed by atoms with Crippen LogP contribution < -0.4 is 11.1 Å². The molecule has 1 aromatic rings. The van der Waals surface area contributed by atoms with Crippen LogP contribution in [0.2, 0.25) is 0 Å². The molecule has 0 bridgehead atoms. The third-order valence-electron chi connectivity index (χ3n) is 4.04. The minimum absolute atomic E-state index is 0.